The van der Waals surface area contributed by atoms with Crippen LogP contribution in [0.3, 0.4) is 0 Å². The largest absolute Gasteiger partial charge is 0.806 e. The molecule has 6 heteroatoms. The first-order valence-corrected chi connectivity index (χ1v) is 6.92. The van der Waals surface area contributed by atoms with E-state index < -0.39 is 18.8 Å². The zero-order valence-corrected chi connectivity index (χ0v) is 10.5. The Morgan fingerprint density at radius 1 is 0.895 bits per heavy atom. The van der Waals surface area contributed by atoms with Gasteiger partial charge in [0.2, 0.25) is 0 Å². The van der Waals surface area contributed by atoms with Crippen molar-refractivity contribution in [1.82, 2.24) is 0 Å². The summed E-state index contributed by atoms with van der Waals surface area (Å²) >= 11 is 0. The SMILES string of the molecule is O=P([O-])([O-])C(F)(F)c1cccc(-c2ccccc2)c1. The Bertz CT molecular complexity index is 623. The van der Waals surface area contributed by atoms with E-state index in [0.29, 0.717) is 11.1 Å². The Morgan fingerprint density at radius 2 is 1.47 bits per heavy atom. The van der Waals surface area contributed by atoms with Gasteiger partial charge in [-0.2, -0.15) is 8.78 Å². The molecule has 0 aromatic heterocycles. The van der Waals surface area contributed by atoms with Crippen LogP contribution in [0, 0.1) is 0 Å². The van der Waals surface area contributed by atoms with Crippen LogP contribution in [0.4, 0.5) is 8.78 Å². The zero-order chi connectivity index (χ0) is 14.1. The fourth-order valence-electron chi connectivity index (χ4n) is 1.67. The summed E-state index contributed by atoms with van der Waals surface area (Å²) in [5.74, 6) is 0. The number of rotatable bonds is 3. The Balaban J connectivity index is 2.50. The summed E-state index contributed by atoms with van der Waals surface area (Å²) in [7, 11) is -6.04. The van der Waals surface area contributed by atoms with Crippen molar-refractivity contribution in [2.75, 3.05) is 0 Å². The summed E-state index contributed by atoms with van der Waals surface area (Å²) < 4.78 is 37.6. The van der Waals surface area contributed by atoms with Crippen LogP contribution in [0.25, 0.3) is 11.1 Å². The molecule has 0 unspecified atom stereocenters. The maximum atomic E-state index is 13.5. The third-order valence-electron chi connectivity index (χ3n) is 2.66. The standard InChI is InChI=1S/C13H11F2O3P/c14-13(15,19(16,17)18)12-8-4-7-11(9-12)10-5-2-1-3-6-10/h1-9H,(H2,16,17,18)/p-2. The smallest absolute Gasteiger partial charge is 0.296 e. The molecule has 2 rings (SSSR count). The van der Waals surface area contributed by atoms with Gasteiger partial charge in [0.1, 0.15) is 0 Å². The minimum Gasteiger partial charge on any atom is -0.806 e. The summed E-state index contributed by atoms with van der Waals surface area (Å²) in [6, 6.07) is 13.4. The highest BCUT2D eigenvalue weighted by atomic mass is 31.2. The Morgan fingerprint density at radius 3 is 2.05 bits per heavy atom. The van der Waals surface area contributed by atoms with E-state index in [1.54, 1.807) is 36.4 Å². The maximum absolute atomic E-state index is 13.5. The van der Waals surface area contributed by atoms with Crippen molar-refractivity contribution in [2.24, 2.45) is 0 Å². The van der Waals surface area contributed by atoms with Gasteiger partial charge in [0, 0.05) is 13.2 Å². The maximum Gasteiger partial charge on any atom is 0.296 e. The number of benzene rings is 2. The lowest BCUT2D eigenvalue weighted by Gasteiger charge is -2.37. The molecule has 0 heterocycles. The molecular formula is C13H9F2O3P-2. The highest BCUT2D eigenvalue weighted by Crippen LogP contribution is 2.53. The Kier molecular flexibility index (Phi) is 3.54. The topological polar surface area (TPSA) is 63.2 Å². The van der Waals surface area contributed by atoms with Gasteiger partial charge in [-0.25, -0.2) is 0 Å². The fourth-order valence-corrected chi connectivity index (χ4v) is 2.13. The minimum absolute atomic E-state index is 0.422. The minimum atomic E-state index is -6.04. The van der Waals surface area contributed by atoms with Crippen LogP contribution >= 0.6 is 7.60 Å². The predicted octanol–water partition coefficient (Wildman–Crippen LogP) is 2.32. The van der Waals surface area contributed by atoms with Gasteiger partial charge in [0.25, 0.3) is 5.66 Å². The van der Waals surface area contributed by atoms with Crippen LogP contribution in [0.1, 0.15) is 5.56 Å². The molecule has 0 saturated carbocycles. The van der Waals surface area contributed by atoms with Crippen molar-refractivity contribution in [3.05, 3.63) is 60.2 Å². The van der Waals surface area contributed by atoms with E-state index in [1.807, 2.05) is 0 Å². The van der Waals surface area contributed by atoms with Gasteiger partial charge in [-0.1, -0.05) is 48.5 Å². The Labute approximate surface area is 108 Å². The average molecular weight is 282 g/mol. The normalized spacial score (nSPS) is 12.4. The second-order valence-electron chi connectivity index (χ2n) is 3.99. The molecule has 0 amide bonds. The molecule has 0 atom stereocenters. The molecule has 100 valence electrons. The van der Waals surface area contributed by atoms with Crippen molar-refractivity contribution < 1.29 is 23.1 Å². The molecule has 2 aromatic rings. The molecule has 0 saturated heterocycles. The molecule has 19 heavy (non-hydrogen) atoms. The second-order valence-corrected chi connectivity index (χ2v) is 5.54. The molecule has 3 nitrogen and oxygen atoms in total. The van der Waals surface area contributed by atoms with Crippen molar-refractivity contribution in [2.45, 2.75) is 5.66 Å². The zero-order valence-electron chi connectivity index (χ0n) is 9.62. The van der Waals surface area contributed by atoms with Crippen LogP contribution in [0.15, 0.2) is 54.6 Å². The van der Waals surface area contributed by atoms with Crippen LogP contribution in [0.5, 0.6) is 0 Å². The van der Waals surface area contributed by atoms with E-state index in [-0.39, 0.29) is 0 Å². The van der Waals surface area contributed by atoms with Gasteiger partial charge in [-0.05, 0) is 17.2 Å². The lowest BCUT2D eigenvalue weighted by molar-refractivity contribution is -0.335. The first kappa shape index (κ1) is 13.9. The molecule has 0 aliphatic rings. The first-order chi connectivity index (χ1) is 8.82. The van der Waals surface area contributed by atoms with E-state index in [0.717, 1.165) is 12.1 Å². The molecule has 2 aromatic carbocycles. The third kappa shape index (κ3) is 2.73. The predicted molar refractivity (Wildman–Crippen MR) is 63.4 cm³/mol. The van der Waals surface area contributed by atoms with Gasteiger partial charge in [0.15, 0.2) is 0 Å². The summed E-state index contributed by atoms with van der Waals surface area (Å²) in [5.41, 5.74) is -4.14. The van der Waals surface area contributed by atoms with Crippen LogP contribution < -0.4 is 9.79 Å². The van der Waals surface area contributed by atoms with Gasteiger partial charge in [0.05, 0.1) is 0 Å². The number of halogens is 2. The lowest BCUT2D eigenvalue weighted by Crippen LogP contribution is -2.29. The first-order valence-electron chi connectivity index (χ1n) is 5.38. The van der Waals surface area contributed by atoms with Crippen molar-refractivity contribution in [3.63, 3.8) is 0 Å². The molecular weight excluding hydrogens is 273 g/mol. The van der Waals surface area contributed by atoms with E-state index >= 15 is 0 Å². The van der Waals surface area contributed by atoms with E-state index in [9.17, 15) is 23.1 Å². The van der Waals surface area contributed by atoms with Crippen molar-refractivity contribution in [1.29, 1.82) is 0 Å². The van der Waals surface area contributed by atoms with E-state index in [2.05, 4.69) is 0 Å². The summed E-state index contributed by atoms with van der Waals surface area (Å²) in [6.07, 6.45) is 0. The van der Waals surface area contributed by atoms with E-state index in [1.165, 1.54) is 6.07 Å². The van der Waals surface area contributed by atoms with Crippen molar-refractivity contribution >= 4 is 7.60 Å². The average Bonchev–Trinajstić information content (AvgIpc) is 2.39. The van der Waals surface area contributed by atoms with E-state index in [4.69, 9.17) is 0 Å². The third-order valence-corrected chi connectivity index (χ3v) is 3.61. The summed E-state index contributed by atoms with van der Waals surface area (Å²) in [4.78, 5) is 21.2. The lowest BCUT2D eigenvalue weighted by atomic mass is 10.0. The molecule has 0 N–H and O–H groups in total. The van der Waals surface area contributed by atoms with Gasteiger partial charge in [-0.3, -0.25) is 0 Å². The fraction of sp³-hybridized carbons (Fsp3) is 0.0769. The monoisotopic (exact) mass is 282 g/mol. The summed E-state index contributed by atoms with van der Waals surface area (Å²) in [5, 5.41) is 0. The van der Waals surface area contributed by atoms with Crippen LogP contribution in [0.2, 0.25) is 0 Å². The summed E-state index contributed by atoms with van der Waals surface area (Å²) in [6.45, 7) is 0. The van der Waals surface area contributed by atoms with Crippen molar-refractivity contribution in [3.8, 4) is 11.1 Å². The molecule has 0 radical (unpaired) electrons. The molecule has 0 bridgehead atoms. The second kappa shape index (κ2) is 4.85. The number of hydrogen-bond donors (Lipinski definition) is 0. The highest BCUT2D eigenvalue weighted by molar-refractivity contribution is 7.49. The number of alkyl halides is 2. The van der Waals surface area contributed by atoms with Gasteiger partial charge < -0.3 is 14.4 Å². The molecule has 0 aliphatic carbocycles. The van der Waals surface area contributed by atoms with Gasteiger partial charge in [-0.15, -0.1) is 0 Å². The Hall–Kier alpha value is -1.55. The highest BCUT2D eigenvalue weighted by Gasteiger charge is 2.36. The molecule has 0 fully saturated rings. The van der Waals surface area contributed by atoms with Crippen LogP contribution in [-0.4, -0.2) is 0 Å². The van der Waals surface area contributed by atoms with Gasteiger partial charge >= 0.3 is 0 Å². The number of hydrogen-bond acceptors (Lipinski definition) is 3. The van der Waals surface area contributed by atoms with Crippen LogP contribution in [-0.2, 0) is 10.2 Å². The molecule has 0 aliphatic heterocycles. The quantitative estimate of drug-likeness (QED) is 0.811. The molecule has 0 spiro atoms.